The smallest absolute Gasteiger partial charge is 0.119 e. The molecule has 1 aliphatic rings. The van der Waals surface area contributed by atoms with Crippen LogP contribution in [0.3, 0.4) is 0 Å². The molecule has 1 aromatic carbocycles. The van der Waals surface area contributed by atoms with Crippen LogP contribution in [0, 0.1) is 0 Å². The largest absolute Gasteiger partial charge is 0.508 e. The van der Waals surface area contributed by atoms with Gasteiger partial charge in [0.15, 0.2) is 0 Å². The van der Waals surface area contributed by atoms with E-state index in [4.69, 9.17) is 4.74 Å². The molecule has 0 aromatic heterocycles. The van der Waals surface area contributed by atoms with Gasteiger partial charge in [0.1, 0.15) is 11.5 Å². The predicted molar refractivity (Wildman–Crippen MR) is 78.1 cm³/mol. The molecule has 1 fully saturated rings. The highest BCUT2D eigenvalue weighted by molar-refractivity contribution is 5.37. The van der Waals surface area contributed by atoms with Crippen molar-refractivity contribution in [3.8, 4) is 11.5 Å². The molecule has 112 valence electrons. The summed E-state index contributed by atoms with van der Waals surface area (Å²) in [4.78, 5) is 2.41. The van der Waals surface area contributed by atoms with Crippen LogP contribution in [0.2, 0.25) is 0 Å². The van der Waals surface area contributed by atoms with Gasteiger partial charge in [-0.3, -0.25) is 4.90 Å². The lowest BCUT2D eigenvalue weighted by Gasteiger charge is -2.26. The molecule has 0 spiro atoms. The number of benzene rings is 1. The number of nitrogens with zero attached hydrogens (tertiary/aromatic N) is 1. The third-order valence-electron chi connectivity index (χ3n) is 3.63. The monoisotopic (exact) mass is 280 g/mol. The predicted octanol–water partition coefficient (Wildman–Crippen LogP) is 1.47. The minimum atomic E-state index is 0.0990. The highest BCUT2D eigenvalue weighted by atomic mass is 16.5. The number of nitrogens with one attached hydrogen (secondary N) is 1. The summed E-state index contributed by atoms with van der Waals surface area (Å²) in [6.45, 7) is 7.75. The number of hydrogen-bond donors (Lipinski definition) is 3. The number of aromatic hydroxyl groups is 2. The number of ether oxygens (including phenoxy) is 1. The first-order valence-corrected chi connectivity index (χ1v) is 7.21. The summed E-state index contributed by atoms with van der Waals surface area (Å²) in [7, 11) is 0. The third kappa shape index (κ3) is 4.67. The van der Waals surface area contributed by atoms with Crippen LogP contribution in [0.5, 0.6) is 11.5 Å². The maximum absolute atomic E-state index is 9.48. The second-order valence-corrected chi connectivity index (χ2v) is 5.27. The van der Waals surface area contributed by atoms with E-state index in [0.717, 1.165) is 51.4 Å². The zero-order valence-electron chi connectivity index (χ0n) is 12.0. The van der Waals surface area contributed by atoms with E-state index < -0.39 is 0 Å². The minimum absolute atomic E-state index is 0.0990. The topological polar surface area (TPSA) is 65.0 Å². The van der Waals surface area contributed by atoms with Crippen LogP contribution >= 0.6 is 0 Å². The van der Waals surface area contributed by atoms with Gasteiger partial charge in [-0.2, -0.15) is 0 Å². The van der Waals surface area contributed by atoms with Crippen LogP contribution in [-0.4, -0.2) is 54.5 Å². The van der Waals surface area contributed by atoms with Gasteiger partial charge in [0, 0.05) is 25.2 Å². The van der Waals surface area contributed by atoms with E-state index in [1.165, 1.54) is 6.07 Å². The normalized spacial score (nSPS) is 18.1. The maximum Gasteiger partial charge on any atom is 0.119 e. The molecule has 1 atom stereocenters. The Hall–Kier alpha value is -1.30. The van der Waals surface area contributed by atoms with Crippen LogP contribution in [0.4, 0.5) is 0 Å². The van der Waals surface area contributed by atoms with Gasteiger partial charge in [-0.25, -0.2) is 0 Å². The number of phenols is 2. The van der Waals surface area contributed by atoms with Gasteiger partial charge >= 0.3 is 0 Å². The Bertz CT molecular complexity index is 399. The van der Waals surface area contributed by atoms with E-state index in [0.29, 0.717) is 0 Å². The summed E-state index contributed by atoms with van der Waals surface area (Å²) in [5, 5.41) is 22.4. The van der Waals surface area contributed by atoms with Gasteiger partial charge in [-0.15, -0.1) is 0 Å². The average molecular weight is 280 g/mol. The molecule has 1 unspecified atom stereocenters. The standard InChI is InChI=1S/C15H24N2O3/c1-12(13-9-14(18)11-15(19)10-13)16-3-2-4-17-5-7-20-8-6-17/h9-12,16,18-19H,2-8H2,1H3. The molecule has 2 rings (SSSR count). The molecule has 5 nitrogen and oxygen atoms in total. The first-order valence-electron chi connectivity index (χ1n) is 7.21. The van der Waals surface area contributed by atoms with Crippen molar-refractivity contribution in [2.24, 2.45) is 0 Å². The van der Waals surface area contributed by atoms with E-state index in [1.54, 1.807) is 12.1 Å². The fourth-order valence-electron chi connectivity index (χ4n) is 2.43. The van der Waals surface area contributed by atoms with E-state index >= 15 is 0 Å². The van der Waals surface area contributed by atoms with Crippen molar-refractivity contribution in [2.75, 3.05) is 39.4 Å². The van der Waals surface area contributed by atoms with Gasteiger partial charge < -0.3 is 20.3 Å². The summed E-state index contributed by atoms with van der Waals surface area (Å²) >= 11 is 0. The summed E-state index contributed by atoms with van der Waals surface area (Å²) in [5.41, 5.74) is 0.897. The molecule has 5 heteroatoms. The van der Waals surface area contributed by atoms with Gasteiger partial charge in [0.2, 0.25) is 0 Å². The van der Waals surface area contributed by atoms with E-state index in [1.807, 2.05) is 6.92 Å². The molecule has 0 saturated carbocycles. The third-order valence-corrected chi connectivity index (χ3v) is 3.63. The van der Waals surface area contributed by atoms with Gasteiger partial charge in [0.05, 0.1) is 13.2 Å². The minimum Gasteiger partial charge on any atom is -0.508 e. The Kier molecular flexibility index (Phi) is 5.64. The lowest BCUT2D eigenvalue weighted by atomic mass is 10.1. The summed E-state index contributed by atoms with van der Waals surface area (Å²) < 4.78 is 5.32. The van der Waals surface area contributed by atoms with Crippen LogP contribution in [0.25, 0.3) is 0 Å². The van der Waals surface area contributed by atoms with Crippen molar-refractivity contribution in [2.45, 2.75) is 19.4 Å². The maximum atomic E-state index is 9.48. The molecular formula is C15H24N2O3. The highest BCUT2D eigenvalue weighted by Crippen LogP contribution is 2.24. The Morgan fingerprint density at radius 1 is 1.20 bits per heavy atom. The van der Waals surface area contributed by atoms with Crippen molar-refractivity contribution < 1.29 is 14.9 Å². The fraction of sp³-hybridized carbons (Fsp3) is 0.600. The Labute approximate surface area is 120 Å². The first-order chi connectivity index (χ1) is 9.65. The molecule has 0 bridgehead atoms. The molecule has 3 N–H and O–H groups in total. The number of morpholine rings is 1. The van der Waals surface area contributed by atoms with E-state index in [-0.39, 0.29) is 17.5 Å². The van der Waals surface area contributed by atoms with Crippen molar-refractivity contribution >= 4 is 0 Å². The molecule has 0 amide bonds. The second kappa shape index (κ2) is 7.47. The van der Waals surface area contributed by atoms with E-state index in [9.17, 15) is 10.2 Å². The van der Waals surface area contributed by atoms with Gasteiger partial charge in [-0.05, 0) is 44.1 Å². The van der Waals surface area contributed by atoms with Crippen LogP contribution in [0.15, 0.2) is 18.2 Å². The van der Waals surface area contributed by atoms with Gasteiger partial charge in [0.25, 0.3) is 0 Å². The number of hydrogen-bond acceptors (Lipinski definition) is 5. The summed E-state index contributed by atoms with van der Waals surface area (Å²) in [6, 6.07) is 4.81. The first kappa shape index (κ1) is 15.1. The number of phenolic OH excluding ortho intramolecular Hbond substituents is 2. The zero-order valence-corrected chi connectivity index (χ0v) is 12.0. The molecule has 20 heavy (non-hydrogen) atoms. The van der Waals surface area contributed by atoms with Crippen molar-refractivity contribution in [3.05, 3.63) is 23.8 Å². The highest BCUT2D eigenvalue weighted by Gasteiger charge is 2.10. The van der Waals surface area contributed by atoms with E-state index in [2.05, 4.69) is 10.2 Å². The zero-order chi connectivity index (χ0) is 14.4. The molecule has 0 aliphatic carbocycles. The second-order valence-electron chi connectivity index (χ2n) is 5.27. The summed E-state index contributed by atoms with van der Waals surface area (Å²) in [6.07, 6.45) is 1.08. The molecule has 1 aromatic rings. The quantitative estimate of drug-likeness (QED) is 0.689. The molecule has 1 heterocycles. The Morgan fingerprint density at radius 2 is 1.85 bits per heavy atom. The van der Waals surface area contributed by atoms with Crippen LogP contribution in [0.1, 0.15) is 24.9 Å². The Balaban J connectivity index is 1.70. The molecule has 1 saturated heterocycles. The van der Waals surface area contributed by atoms with Crippen LogP contribution in [-0.2, 0) is 4.74 Å². The van der Waals surface area contributed by atoms with Gasteiger partial charge in [-0.1, -0.05) is 0 Å². The molecule has 1 aliphatic heterocycles. The van der Waals surface area contributed by atoms with Crippen molar-refractivity contribution in [3.63, 3.8) is 0 Å². The fourth-order valence-corrected chi connectivity index (χ4v) is 2.43. The van der Waals surface area contributed by atoms with Crippen molar-refractivity contribution in [1.82, 2.24) is 10.2 Å². The SMILES string of the molecule is CC(NCCCN1CCOCC1)c1cc(O)cc(O)c1. The van der Waals surface area contributed by atoms with Crippen LogP contribution < -0.4 is 5.32 Å². The lowest BCUT2D eigenvalue weighted by molar-refractivity contribution is 0.0374. The summed E-state index contributed by atoms with van der Waals surface area (Å²) in [5.74, 6) is 0.198. The average Bonchev–Trinajstić information content (AvgIpc) is 2.43. The lowest BCUT2D eigenvalue weighted by Crippen LogP contribution is -2.37. The van der Waals surface area contributed by atoms with Crippen molar-refractivity contribution in [1.29, 1.82) is 0 Å². The Morgan fingerprint density at radius 3 is 2.50 bits per heavy atom. The molecular weight excluding hydrogens is 256 g/mol. The molecule has 0 radical (unpaired) electrons. The number of rotatable bonds is 6.